The van der Waals surface area contributed by atoms with Crippen LogP contribution in [0.3, 0.4) is 0 Å². The highest BCUT2D eigenvalue weighted by Crippen LogP contribution is 2.34. The number of imidazole rings is 1. The van der Waals surface area contributed by atoms with Gasteiger partial charge in [0.1, 0.15) is 23.9 Å². The summed E-state index contributed by atoms with van der Waals surface area (Å²) in [4.78, 5) is 80.4. The maximum Gasteiger partial charge on any atom is 0.407 e. The third-order valence-electron chi connectivity index (χ3n) is 10.5. The van der Waals surface area contributed by atoms with E-state index in [2.05, 4.69) is 25.9 Å². The van der Waals surface area contributed by atoms with Crippen LogP contribution in [0.2, 0.25) is 0 Å². The molecule has 296 valence electrons. The third-order valence-corrected chi connectivity index (χ3v) is 10.5. The fourth-order valence-electron chi connectivity index (χ4n) is 7.43. The number of carbonyl (C=O) groups excluding carboxylic acids is 5. The van der Waals surface area contributed by atoms with Gasteiger partial charge in [0, 0.05) is 35.3 Å². The molecule has 0 saturated carbocycles. The number of fused-ring (bicyclic) bond motifs is 1. The predicted molar refractivity (Wildman–Crippen MR) is 210 cm³/mol. The van der Waals surface area contributed by atoms with Gasteiger partial charge >= 0.3 is 12.2 Å². The van der Waals surface area contributed by atoms with Crippen LogP contribution in [0, 0.1) is 11.8 Å². The Kier molecular flexibility index (Phi) is 12.2. The molecule has 5 amide bonds. The van der Waals surface area contributed by atoms with Crippen LogP contribution in [0.5, 0.6) is 0 Å². The molecule has 4 heterocycles. The summed E-state index contributed by atoms with van der Waals surface area (Å²) < 4.78 is 9.45. The zero-order chi connectivity index (χ0) is 40.1. The molecule has 2 aromatic carbocycles. The number of carbonyl (C=O) groups is 5. The molecule has 2 aliphatic rings. The minimum atomic E-state index is -0.802. The lowest BCUT2D eigenvalue weighted by molar-refractivity contribution is -0.139. The zero-order valence-corrected chi connectivity index (χ0v) is 32.6. The highest BCUT2D eigenvalue weighted by atomic mass is 16.5. The zero-order valence-electron chi connectivity index (χ0n) is 32.6. The average Bonchev–Trinajstić information content (AvgIpc) is 4.00. The number of benzene rings is 2. The van der Waals surface area contributed by atoms with Crippen LogP contribution in [0.25, 0.3) is 33.4 Å². The van der Waals surface area contributed by atoms with Gasteiger partial charge in [-0.25, -0.2) is 19.6 Å². The van der Waals surface area contributed by atoms with E-state index in [0.29, 0.717) is 37.4 Å². The molecular formula is C41H50N8O7. The number of amides is 5. The molecule has 2 saturated heterocycles. The van der Waals surface area contributed by atoms with E-state index in [1.807, 2.05) is 82.3 Å². The smallest absolute Gasteiger partial charge is 0.407 e. The van der Waals surface area contributed by atoms with Crippen molar-refractivity contribution in [1.29, 1.82) is 0 Å². The van der Waals surface area contributed by atoms with Crippen LogP contribution in [-0.2, 0) is 23.9 Å². The minimum absolute atomic E-state index is 0.120. The van der Waals surface area contributed by atoms with Crippen molar-refractivity contribution < 1.29 is 33.4 Å². The second-order valence-corrected chi connectivity index (χ2v) is 14.9. The van der Waals surface area contributed by atoms with Crippen molar-refractivity contribution in [3.05, 3.63) is 66.6 Å². The number of anilines is 1. The Balaban J connectivity index is 1.11. The number of nitrogens with one attached hydrogen (secondary N) is 4. The summed E-state index contributed by atoms with van der Waals surface area (Å²) in [5.74, 6) is -0.361. The second kappa shape index (κ2) is 17.2. The fourth-order valence-corrected chi connectivity index (χ4v) is 7.43. The van der Waals surface area contributed by atoms with Crippen molar-refractivity contribution >= 4 is 46.5 Å². The van der Waals surface area contributed by atoms with E-state index < -0.39 is 30.3 Å². The van der Waals surface area contributed by atoms with Gasteiger partial charge < -0.3 is 40.2 Å². The highest BCUT2D eigenvalue weighted by molar-refractivity contribution is 5.99. The largest absolute Gasteiger partial charge is 0.453 e. The summed E-state index contributed by atoms with van der Waals surface area (Å²) in [6.45, 7) is 8.45. The number of ether oxygens (including phenoxy) is 2. The Morgan fingerprint density at radius 1 is 0.768 bits per heavy atom. The van der Waals surface area contributed by atoms with E-state index in [1.54, 1.807) is 16.0 Å². The van der Waals surface area contributed by atoms with Gasteiger partial charge in [0.05, 0.1) is 43.4 Å². The number of nitrogens with zero attached hydrogens (tertiary/aromatic N) is 4. The monoisotopic (exact) mass is 766 g/mol. The molecule has 15 nitrogen and oxygen atoms in total. The quantitative estimate of drug-likeness (QED) is 0.150. The Morgan fingerprint density at radius 2 is 1.38 bits per heavy atom. The molecule has 2 fully saturated rings. The lowest BCUT2D eigenvalue weighted by Crippen LogP contribution is -2.54. The maximum atomic E-state index is 13.5. The first-order valence-electron chi connectivity index (χ1n) is 19.1. The van der Waals surface area contributed by atoms with E-state index in [0.717, 1.165) is 46.3 Å². The van der Waals surface area contributed by atoms with E-state index >= 15 is 0 Å². The third kappa shape index (κ3) is 8.61. The van der Waals surface area contributed by atoms with Crippen LogP contribution >= 0.6 is 0 Å². The van der Waals surface area contributed by atoms with Crippen LogP contribution in [-0.4, -0.2) is 100 Å². The van der Waals surface area contributed by atoms with Gasteiger partial charge in [0.2, 0.25) is 17.7 Å². The van der Waals surface area contributed by atoms with Gasteiger partial charge in [-0.2, -0.15) is 0 Å². The van der Waals surface area contributed by atoms with Gasteiger partial charge in [0.25, 0.3) is 0 Å². The normalized spacial score (nSPS) is 17.9. The molecule has 0 bridgehead atoms. The molecule has 4 aromatic rings. The summed E-state index contributed by atoms with van der Waals surface area (Å²) in [6, 6.07) is 15.0. The number of likely N-dealkylation sites (tertiary alicyclic amines) is 2. The van der Waals surface area contributed by atoms with E-state index in [9.17, 15) is 24.0 Å². The molecule has 6 rings (SSSR count). The number of pyridine rings is 1. The van der Waals surface area contributed by atoms with Gasteiger partial charge in [-0.3, -0.25) is 14.4 Å². The Bertz CT molecular complexity index is 2080. The summed E-state index contributed by atoms with van der Waals surface area (Å²) in [7, 11) is 2.53. The van der Waals surface area contributed by atoms with Crippen LogP contribution in [0.1, 0.15) is 65.2 Å². The molecule has 56 heavy (non-hydrogen) atoms. The van der Waals surface area contributed by atoms with Gasteiger partial charge in [-0.1, -0.05) is 52.0 Å². The average molecular weight is 767 g/mol. The van der Waals surface area contributed by atoms with Crippen molar-refractivity contribution in [1.82, 2.24) is 35.4 Å². The minimum Gasteiger partial charge on any atom is -0.453 e. The Morgan fingerprint density at radius 3 is 2.02 bits per heavy atom. The molecule has 2 aromatic heterocycles. The lowest BCUT2D eigenvalue weighted by Gasteiger charge is -2.30. The standard InChI is InChI=1S/C41H50N8O7/c1-23(2)34(46-40(53)55-5)38(51)48-19-7-9-32(48)36-42-22-31(45-36)27-14-18-30-26(21-27)13-17-29(44-30)25-11-15-28(16-12-25)43-37(50)33-10-8-20-49(33)39(52)35(24(3)4)47-41(54)56-6/h11-18,21-24,32-35H,7-10,19-20H2,1-6H3,(H,42,45)(H,43,50)(H,46,53)(H,47,54)/t32-,33-,34-,35-/m0/s1. The van der Waals surface area contributed by atoms with Crippen molar-refractivity contribution in [3.8, 4) is 22.5 Å². The first-order chi connectivity index (χ1) is 26.9. The van der Waals surface area contributed by atoms with Crippen molar-refractivity contribution in [3.63, 3.8) is 0 Å². The molecule has 0 spiro atoms. The number of aromatic nitrogens is 3. The summed E-state index contributed by atoms with van der Waals surface area (Å²) in [6.07, 6.45) is 3.25. The van der Waals surface area contributed by atoms with E-state index in [4.69, 9.17) is 14.5 Å². The highest BCUT2D eigenvalue weighted by Gasteiger charge is 2.39. The van der Waals surface area contributed by atoms with Gasteiger partial charge in [-0.15, -0.1) is 0 Å². The maximum absolute atomic E-state index is 13.5. The van der Waals surface area contributed by atoms with Crippen molar-refractivity contribution in [2.24, 2.45) is 11.8 Å². The molecule has 0 radical (unpaired) electrons. The molecule has 4 atom stereocenters. The molecule has 0 aliphatic carbocycles. The number of methoxy groups -OCH3 is 2. The fraction of sp³-hybridized carbons (Fsp3) is 0.439. The molecule has 15 heteroatoms. The van der Waals surface area contributed by atoms with Crippen LogP contribution in [0.15, 0.2) is 60.8 Å². The van der Waals surface area contributed by atoms with Gasteiger partial charge in [-0.05, 0) is 67.9 Å². The molecular weight excluding hydrogens is 716 g/mol. The van der Waals surface area contributed by atoms with E-state index in [-0.39, 0.29) is 35.6 Å². The molecule has 2 aliphatic heterocycles. The molecule has 0 unspecified atom stereocenters. The van der Waals surface area contributed by atoms with Crippen molar-refractivity contribution in [2.45, 2.75) is 77.5 Å². The molecule has 4 N–H and O–H groups in total. The first-order valence-corrected chi connectivity index (χ1v) is 19.1. The number of hydrogen-bond donors (Lipinski definition) is 4. The first kappa shape index (κ1) is 39.7. The SMILES string of the molecule is COC(=O)N[C@H](C(=O)N1CCC[C@H]1C(=O)Nc1ccc(-c2ccc3cc(-c4cnc([C@@H]5CCCN5C(=O)[C@@H](NC(=O)OC)C(C)C)[nH]4)ccc3n2)cc1)C(C)C. The number of rotatable bonds is 11. The predicted octanol–water partition coefficient (Wildman–Crippen LogP) is 5.65. The Hall–Kier alpha value is -5.99. The second-order valence-electron chi connectivity index (χ2n) is 14.9. The summed E-state index contributed by atoms with van der Waals surface area (Å²) >= 11 is 0. The lowest BCUT2D eigenvalue weighted by atomic mass is 10.0. The van der Waals surface area contributed by atoms with Crippen LogP contribution < -0.4 is 16.0 Å². The Labute approximate surface area is 325 Å². The summed E-state index contributed by atoms with van der Waals surface area (Å²) in [5, 5.41) is 9.18. The topological polar surface area (TPSA) is 188 Å². The van der Waals surface area contributed by atoms with Gasteiger partial charge in [0.15, 0.2) is 0 Å². The van der Waals surface area contributed by atoms with Crippen LogP contribution in [0.4, 0.5) is 15.3 Å². The number of hydrogen-bond acceptors (Lipinski definition) is 9. The number of alkyl carbamates (subject to hydrolysis) is 2. The van der Waals surface area contributed by atoms with Crippen molar-refractivity contribution in [2.75, 3.05) is 32.6 Å². The van der Waals surface area contributed by atoms with E-state index in [1.165, 1.54) is 14.2 Å². The number of aromatic amines is 1. The number of H-pyrrole nitrogens is 1. The summed E-state index contributed by atoms with van der Waals surface area (Å²) in [5.41, 5.74) is 4.79.